The van der Waals surface area contributed by atoms with Gasteiger partial charge in [-0.1, -0.05) is 37.6 Å². The van der Waals surface area contributed by atoms with Gasteiger partial charge in [-0.15, -0.1) is 0 Å². The maximum Gasteiger partial charge on any atom is 0.0406 e. The highest BCUT2D eigenvalue weighted by Gasteiger charge is 2.22. The lowest BCUT2D eigenvalue weighted by molar-refractivity contribution is 0.313. The van der Waals surface area contributed by atoms with E-state index in [0.717, 1.165) is 24.0 Å². The summed E-state index contributed by atoms with van der Waals surface area (Å²) in [6, 6.07) is 8.80. The van der Waals surface area contributed by atoms with Crippen LogP contribution in [0, 0.1) is 5.92 Å². The molecule has 1 atom stereocenters. The average Bonchev–Trinajstić information content (AvgIpc) is 2.77. The quantitative estimate of drug-likeness (QED) is 0.881. The molecule has 1 saturated heterocycles. The first-order valence-electron chi connectivity index (χ1n) is 6.83. The van der Waals surface area contributed by atoms with Gasteiger partial charge in [-0.25, -0.2) is 0 Å². The number of halogens is 1. The van der Waals surface area contributed by atoms with Gasteiger partial charge >= 0.3 is 0 Å². The second-order valence-electron chi connectivity index (χ2n) is 5.58. The average molecular weight is 267 g/mol. The first-order valence-corrected chi connectivity index (χ1v) is 7.21. The van der Waals surface area contributed by atoms with Crippen LogP contribution in [0.1, 0.15) is 25.8 Å². The molecule has 0 aliphatic carbocycles. The Bertz CT molecular complexity index is 361. The third-order valence-corrected chi connectivity index (χ3v) is 3.76. The Morgan fingerprint density at radius 2 is 2.06 bits per heavy atom. The number of hydrogen-bond acceptors (Lipinski definition) is 2. The molecular weight excluding hydrogens is 244 g/mol. The van der Waals surface area contributed by atoms with Crippen molar-refractivity contribution in [1.29, 1.82) is 0 Å². The Labute approximate surface area is 115 Å². The van der Waals surface area contributed by atoms with Crippen molar-refractivity contribution >= 4 is 11.6 Å². The fraction of sp³-hybridized carbons (Fsp3) is 0.600. The molecule has 1 aromatic rings. The van der Waals surface area contributed by atoms with E-state index in [2.05, 4.69) is 36.2 Å². The molecule has 0 saturated carbocycles. The lowest BCUT2D eigenvalue weighted by atomic mass is 10.1. The van der Waals surface area contributed by atoms with Crippen LogP contribution in [0.2, 0.25) is 5.02 Å². The molecule has 1 aromatic carbocycles. The van der Waals surface area contributed by atoms with Crippen LogP contribution in [0.15, 0.2) is 24.3 Å². The van der Waals surface area contributed by atoms with Crippen LogP contribution in [0.25, 0.3) is 0 Å². The normalized spacial score (nSPS) is 20.8. The lowest BCUT2D eigenvalue weighted by Crippen LogP contribution is -2.30. The van der Waals surface area contributed by atoms with Crippen LogP contribution in [0.5, 0.6) is 0 Å². The molecule has 1 unspecified atom stereocenters. The van der Waals surface area contributed by atoms with E-state index in [1.807, 2.05) is 12.1 Å². The lowest BCUT2D eigenvalue weighted by Gasteiger charge is -2.17. The van der Waals surface area contributed by atoms with Crippen molar-refractivity contribution in [3.63, 3.8) is 0 Å². The van der Waals surface area contributed by atoms with Gasteiger partial charge in [0.15, 0.2) is 0 Å². The minimum absolute atomic E-state index is 0.593. The Balaban J connectivity index is 1.77. The van der Waals surface area contributed by atoms with Crippen LogP contribution in [-0.4, -0.2) is 30.6 Å². The molecule has 18 heavy (non-hydrogen) atoms. The zero-order valence-electron chi connectivity index (χ0n) is 11.3. The van der Waals surface area contributed by atoms with Crippen LogP contribution < -0.4 is 5.32 Å². The minimum atomic E-state index is 0.593. The summed E-state index contributed by atoms with van der Waals surface area (Å²) >= 11 is 5.90. The van der Waals surface area contributed by atoms with E-state index in [1.165, 1.54) is 25.1 Å². The summed E-state index contributed by atoms with van der Waals surface area (Å²) in [7, 11) is 0. The van der Waals surface area contributed by atoms with Gasteiger partial charge in [0.25, 0.3) is 0 Å². The van der Waals surface area contributed by atoms with E-state index in [9.17, 15) is 0 Å². The fourth-order valence-electron chi connectivity index (χ4n) is 2.47. The highest BCUT2D eigenvalue weighted by molar-refractivity contribution is 6.30. The fourth-order valence-corrected chi connectivity index (χ4v) is 2.60. The molecule has 0 bridgehead atoms. The van der Waals surface area contributed by atoms with Crippen molar-refractivity contribution in [3.05, 3.63) is 34.9 Å². The number of likely N-dealkylation sites (tertiary alicyclic amines) is 1. The Hall–Kier alpha value is -0.570. The zero-order chi connectivity index (χ0) is 13.0. The standard InChI is InChI=1S/C15H23ClN2/c1-12(2)17-9-14-7-8-18(11-14)10-13-3-5-15(16)6-4-13/h3-6,12,14,17H,7-11H2,1-2H3. The molecule has 2 nitrogen and oxygen atoms in total. The summed E-state index contributed by atoms with van der Waals surface area (Å²) in [6.07, 6.45) is 1.31. The molecule has 3 heteroatoms. The van der Waals surface area contributed by atoms with Crippen molar-refractivity contribution in [2.75, 3.05) is 19.6 Å². The molecule has 0 spiro atoms. The zero-order valence-corrected chi connectivity index (χ0v) is 12.1. The van der Waals surface area contributed by atoms with Gasteiger partial charge in [0.2, 0.25) is 0 Å². The highest BCUT2D eigenvalue weighted by Crippen LogP contribution is 2.19. The summed E-state index contributed by atoms with van der Waals surface area (Å²) < 4.78 is 0. The van der Waals surface area contributed by atoms with E-state index in [0.29, 0.717) is 6.04 Å². The van der Waals surface area contributed by atoms with Crippen LogP contribution in [0.3, 0.4) is 0 Å². The summed E-state index contributed by atoms with van der Waals surface area (Å²) in [4.78, 5) is 2.54. The summed E-state index contributed by atoms with van der Waals surface area (Å²) in [5.41, 5.74) is 1.36. The molecule has 1 N–H and O–H groups in total. The molecular formula is C15H23ClN2. The van der Waals surface area contributed by atoms with Gasteiger partial charge in [-0.3, -0.25) is 4.90 Å². The molecule has 1 aliphatic heterocycles. The van der Waals surface area contributed by atoms with E-state index >= 15 is 0 Å². The molecule has 0 amide bonds. The number of hydrogen-bond donors (Lipinski definition) is 1. The monoisotopic (exact) mass is 266 g/mol. The first-order chi connectivity index (χ1) is 8.63. The van der Waals surface area contributed by atoms with Crippen LogP contribution in [-0.2, 0) is 6.54 Å². The minimum Gasteiger partial charge on any atom is -0.314 e. The largest absolute Gasteiger partial charge is 0.314 e. The molecule has 1 heterocycles. The van der Waals surface area contributed by atoms with Crippen molar-refractivity contribution in [1.82, 2.24) is 10.2 Å². The number of benzene rings is 1. The molecule has 100 valence electrons. The van der Waals surface area contributed by atoms with E-state index < -0.39 is 0 Å². The second kappa shape index (κ2) is 6.55. The van der Waals surface area contributed by atoms with Gasteiger partial charge in [-0.2, -0.15) is 0 Å². The maximum atomic E-state index is 5.90. The van der Waals surface area contributed by atoms with Gasteiger partial charge in [-0.05, 0) is 43.1 Å². The van der Waals surface area contributed by atoms with Gasteiger partial charge in [0, 0.05) is 24.2 Å². The Morgan fingerprint density at radius 3 is 2.72 bits per heavy atom. The number of rotatable bonds is 5. The van der Waals surface area contributed by atoms with E-state index in [-0.39, 0.29) is 0 Å². The Morgan fingerprint density at radius 1 is 1.33 bits per heavy atom. The van der Waals surface area contributed by atoms with Gasteiger partial charge in [0.1, 0.15) is 0 Å². The first kappa shape index (κ1) is 13.9. The topological polar surface area (TPSA) is 15.3 Å². The second-order valence-corrected chi connectivity index (χ2v) is 6.02. The van der Waals surface area contributed by atoms with E-state index in [4.69, 9.17) is 11.6 Å². The smallest absolute Gasteiger partial charge is 0.0406 e. The van der Waals surface area contributed by atoms with Crippen LogP contribution in [0.4, 0.5) is 0 Å². The van der Waals surface area contributed by atoms with Gasteiger partial charge < -0.3 is 5.32 Å². The maximum absolute atomic E-state index is 5.90. The summed E-state index contributed by atoms with van der Waals surface area (Å²) in [5.74, 6) is 0.805. The molecule has 0 aromatic heterocycles. The summed E-state index contributed by atoms with van der Waals surface area (Å²) in [6.45, 7) is 9.04. The Kier molecular flexibility index (Phi) is 5.04. The number of nitrogens with zero attached hydrogens (tertiary/aromatic N) is 1. The highest BCUT2D eigenvalue weighted by atomic mass is 35.5. The van der Waals surface area contributed by atoms with Crippen LogP contribution >= 0.6 is 11.6 Å². The SMILES string of the molecule is CC(C)NCC1CCN(Cc2ccc(Cl)cc2)C1. The molecule has 0 radical (unpaired) electrons. The summed E-state index contributed by atoms with van der Waals surface area (Å²) in [5, 5.41) is 4.35. The van der Waals surface area contributed by atoms with Crippen molar-refractivity contribution in [2.24, 2.45) is 5.92 Å². The number of nitrogens with one attached hydrogen (secondary N) is 1. The third-order valence-electron chi connectivity index (χ3n) is 3.50. The third kappa shape index (κ3) is 4.27. The predicted molar refractivity (Wildman–Crippen MR) is 78.0 cm³/mol. The van der Waals surface area contributed by atoms with Gasteiger partial charge in [0.05, 0.1) is 0 Å². The van der Waals surface area contributed by atoms with E-state index in [1.54, 1.807) is 0 Å². The predicted octanol–water partition coefficient (Wildman–Crippen LogP) is 3.16. The van der Waals surface area contributed by atoms with Crippen molar-refractivity contribution in [2.45, 2.75) is 32.9 Å². The molecule has 1 aliphatic rings. The van der Waals surface area contributed by atoms with Crippen molar-refractivity contribution < 1.29 is 0 Å². The molecule has 2 rings (SSSR count). The van der Waals surface area contributed by atoms with Crippen molar-refractivity contribution in [3.8, 4) is 0 Å². The molecule has 1 fully saturated rings.